The van der Waals surface area contributed by atoms with E-state index in [0.717, 1.165) is 43.5 Å². The third-order valence-electron chi connectivity index (χ3n) is 4.59. The second kappa shape index (κ2) is 12.5. The molecule has 0 spiro atoms. The molecule has 2 aromatic carbocycles. The Morgan fingerprint density at radius 1 is 1.07 bits per heavy atom. The lowest BCUT2D eigenvalue weighted by Crippen LogP contribution is -2.46. The fraction of sp³-hybridized carbons (Fsp3) is 0.417. The maximum atomic E-state index is 12.9. The predicted octanol–water partition coefficient (Wildman–Crippen LogP) is 4.92. The van der Waals surface area contributed by atoms with Crippen molar-refractivity contribution in [1.82, 2.24) is 0 Å². The molecule has 3 rings (SSSR count). The largest absolute Gasteiger partial charge is 0.493 e. The zero-order valence-corrected chi connectivity index (χ0v) is 17.8. The molecule has 0 saturated heterocycles. The van der Waals surface area contributed by atoms with Gasteiger partial charge in [0.25, 0.3) is 11.9 Å². The van der Waals surface area contributed by atoms with E-state index in [9.17, 15) is 4.79 Å². The summed E-state index contributed by atoms with van der Waals surface area (Å²) in [5.74, 6) is 0.803. The summed E-state index contributed by atoms with van der Waals surface area (Å²) in [5, 5.41) is 7.42. The van der Waals surface area contributed by atoms with Gasteiger partial charge < -0.3 is 19.5 Å². The molecule has 1 heterocycles. The molecule has 1 aliphatic rings. The highest BCUT2D eigenvalue weighted by Gasteiger charge is 2.33. The number of benzene rings is 2. The van der Waals surface area contributed by atoms with Gasteiger partial charge in [0, 0.05) is 19.9 Å². The van der Waals surface area contributed by atoms with Crippen molar-refractivity contribution in [3.05, 3.63) is 54.6 Å². The molecule has 0 unspecified atom stereocenters. The van der Waals surface area contributed by atoms with Gasteiger partial charge in [0.05, 0.1) is 12.3 Å². The summed E-state index contributed by atoms with van der Waals surface area (Å²) in [6, 6.07) is 17.5. The average Bonchev–Trinajstić information content (AvgIpc) is 2.73. The summed E-state index contributed by atoms with van der Waals surface area (Å²) in [4.78, 5) is 23.8. The number of carbonyl (C=O) groups is 2. The Morgan fingerprint density at radius 2 is 1.73 bits per heavy atom. The number of aliphatic carboxylic acids is 1. The van der Waals surface area contributed by atoms with Crippen LogP contribution in [-0.2, 0) is 9.59 Å². The molecule has 30 heavy (non-hydrogen) atoms. The first-order chi connectivity index (χ1) is 14.5. The number of anilines is 1. The van der Waals surface area contributed by atoms with Crippen molar-refractivity contribution in [3.63, 3.8) is 0 Å². The zero-order chi connectivity index (χ0) is 21.8. The van der Waals surface area contributed by atoms with E-state index in [1.165, 1.54) is 12.8 Å². The topological polar surface area (TPSA) is 76.1 Å². The van der Waals surface area contributed by atoms with Crippen molar-refractivity contribution in [1.29, 1.82) is 0 Å². The summed E-state index contributed by atoms with van der Waals surface area (Å²) in [7, 11) is 0. The van der Waals surface area contributed by atoms with Crippen LogP contribution in [0.25, 0.3) is 0 Å². The summed E-state index contributed by atoms with van der Waals surface area (Å²) in [6.45, 7) is 4.47. The number of nitrogens with zero attached hydrogens (tertiary/aromatic N) is 1. The molecule has 0 radical (unpaired) electrons. The lowest BCUT2D eigenvalue weighted by molar-refractivity contribution is -0.134. The third-order valence-corrected chi connectivity index (χ3v) is 4.59. The fourth-order valence-electron chi connectivity index (χ4n) is 3.19. The van der Waals surface area contributed by atoms with Crippen LogP contribution in [0.4, 0.5) is 5.69 Å². The van der Waals surface area contributed by atoms with E-state index in [-0.39, 0.29) is 5.91 Å². The molecule has 0 bridgehead atoms. The minimum absolute atomic E-state index is 0.0388. The van der Waals surface area contributed by atoms with Crippen LogP contribution in [0.1, 0.15) is 46.0 Å². The number of carboxylic acids is 1. The van der Waals surface area contributed by atoms with Gasteiger partial charge in [-0.25, -0.2) is 0 Å². The molecular weight excluding hydrogens is 382 g/mol. The Kier molecular flexibility index (Phi) is 9.71. The minimum Gasteiger partial charge on any atom is -0.493 e. The van der Waals surface area contributed by atoms with Crippen molar-refractivity contribution in [3.8, 4) is 11.5 Å². The normalized spacial score (nSPS) is 14.8. The van der Waals surface area contributed by atoms with E-state index in [4.69, 9.17) is 19.4 Å². The summed E-state index contributed by atoms with van der Waals surface area (Å²) in [5.41, 5.74) is 0.884. The first-order valence-corrected chi connectivity index (χ1v) is 10.5. The number of amides is 1. The van der Waals surface area contributed by atoms with Crippen LogP contribution in [0.5, 0.6) is 11.5 Å². The van der Waals surface area contributed by atoms with Gasteiger partial charge in [0.2, 0.25) is 0 Å². The number of ether oxygens (including phenoxy) is 2. The molecule has 1 amide bonds. The quantitative estimate of drug-likeness (QED) is 0.591. The molecule has 0 aromatic heterocycles. The number of fused-ring (bicyclic) bond motifs is 1. The number of carboxylic acid groups (broad SMARTS) is 1. The van der Waals surface area contributed by atoms with Crippen molar-refractivity contribution >= 4 is 17.6 Å². The maximum absolute atomic E-state index is 12.9. The van der Waals surface area contributed by atoms with Gasteiger partial charge in [-0.3, -0.25) is 9.59 Å². The molecule has 0 saturated carbocycles. The average molecular weight is 414 g/mol. The number of rotatable bonds is 9. The summed E-state index contributed by atoms with van der Waals surface area (Å²) in [6.07, 6.45) is 4.60. The first kappa shape index (κ1) is 23.3. The van der Waals surface area contributed by atoms with Gasteiger partial charge in [-0.05, 0) is 30.7 Å². The van der Waals surface area contributed by atoms with Gasteiger partial charge in [-0.2, -0.15) is 0 Å². The smallest absolute Gasteiger partial charge is 0.300 e. The van der Waals surface area contributed by atoms with Crippen LogP contribution in [-0.4, -0.2) is 36.2 Å². The number of hydrogen-bond acceptors (Lipinski definition) is 4. The SMILES string of the molecule is CC(=O)O.CCCCCCN1C(=O)[C@@H](CCOc2ccccc2)Oc2ccccc21. The Balaban J connectivity index is 0.000000735. The van der Waals surface area contributed by atoms with Crippen LogP contribution in [0.3, 0.4) is 0 Å². The van der Waals surface area contributed by atoms with E-state index < -0.39 is 12.1 Å². The van der Waals surface area contributed by atoms with Crippen molar-refractivity contribution in [2.24, 2.45) is 0 Å². The van der Waals surface area contributed by atoms with E-state index >= 15 is 0 Å². The van der Waals surface area contributed by atoms with Crippen molar-refractivity contribution in [2.45, 2.75) is 52.1 Å². The van der Waals surface area contributed by atoms with Crippen LogP contribution < -0.4 is 14.4 Å². The Hall–Kier alpha value is -3.02. The van der Waals surface area contributed by atoms with Gasteiger partial charge >= 0.3 is 0 Å². The third kappa shape index (κ3) is 7.43. The number of carbonyl (C=O) groups excluding carboxylic acids is 1. The molecule has 1 aliphatic heterocycles. The van der Waals surface area contributed by atoms with E-state index in [2.05, 4.69) is 6.92 Å². The monoisotopic (exact) mass is 413 g/mol. The second-order valence-electron chi connectivity index (χ2n) is 7.09. The summed E-state index contributed by atoms with van der Waals surface area (Å²) < 4.78 is 11.7. The van der Waals surface area contributed by atoms with Crippen LogP contribution >= 0.6 is 0 Å². The highest BCUT2D eigenvalue weighted by Crippen LogP contribution is 2.34. The van der Waals surface area contributed by atoms with Gasteiger partial charge in [0.1, 0.15) is 11.5 Å². The van der Waals surface area contributed by atoms with Gasteiger partial charge in [-0.15, -0.1) is 0 Å². The molecule has 0 fully saturated rings. The highest BCUT2D eigenvalue weighted by molar-refractivity contribution is 6.00. The summed E-state index contributed by atoms with van der Waals surface area (Å²) >= 11 is 0. The van der Waals surface area contributed by atoms with E-state index in [1.807, 2.05) is 59.5 Å². The maximum Gasteiger partial charge on any atom is 0.300 e. The molecule has 162 valence electrons. The van der Waals surface area contributed by atoms with Crippen LogP contribution in [0.15, 0.2) is 54.6 Å². The van der Waals surface area contributed by atoms with Crippen molar-refractivity contribution < 1.29 is 24.2 Å². The van der Waals surface area contributed by atoms with Gasteiger partial charge in [0.15, 0.2) is 6.10 Å². The molecule has 6 heteroatoms. The molecule has 2 aromatic rings. The van der Waals surface area contributed by atoms with E-state index in [0.29, 0.717) is 13.0 Å². The number of para-hydroxylation sites is 3. The Morgan fingerprint density at radius 3 is 2.43 bits per heavy atom. The lowest BCUT2D eigenvalue weighted by atomic mass is 10.1. The molecular formula is C24H31NO5. The second-order valence-corrected chi connectivity index (χ2v) is 7.09. The Bertz CT molecular complexity index is 789. The number of hydrogen-bond donors (Lipinski definition) is 1. The van der Waals surface area contributed by atoms with Crippen molar-refractivity contribution in [2.75, 3.05) is 18.1 Å². The predicted molar refractivity (Wildman–Crippen MR) is 117 cm³/mol. The van der Waals surface area contributed by atoms with Gasteiger partial charge in [-0.1, -0.05) is 56.5 Å². The van der Waals surface area contributed by atoms with Crippen LogP contribution in [0, 0.1) is 0 Å². The minimum atomic E-state index is -0.833. The highest BCUT2D eigenvalue weighted by atomic mass is 16.5. The molecule has 6 nitrogen and oxygen atoms in total. The molecule has 0 aliphatic carbocycles. The Labute approximate surface area is 178 Å². The van der Waals surface area contributed by atoms with Crippen LogP contribution in [0.2, 0.25) is 0 Å². The number of unbranched alkanes of at least 4 members (excludes halogenated alkanes) is 3. The fourth-order valence-corrected chi connectivity index (χ4v) is 3.19. The molecule has 1 N–H and O–H groups in total. The molecule has 1 atom stereocenters. The zero-order valence-electron chi connectivity index (χ0n) is 17.8. The first-order valence-electron chi connectivity index (χ1n) is 10.5. The standard InChI is InChI=1S/C22H27NO3.C2H4O2/c1-2-3-4-10-16-23-19-13-8-9-14-20(19)26-21(22(23)24)15-17-25-18-11-6-5-7-12-18;1-2(3)4/h5-9,11-14,21H,2-4,10,15-17H2,1H3;1H3,(H,3,4)/t21-;/m1./s1. The lowest BCUT2D eigenvalue weighted by Gasteiger charge is -2.34. The van der Waals surface area contributed by atoms with E-state index in [1.54, 1.807) is 0 Å².